The third kappa shape index (κ3) is 3.89. The summed E-state index contributed by atoms with van der Waals surface area (Å²) in [7, 11) is 0. The molecule has 0 saturated carbocycles. The van der Waals surface area contributed by atoms with Gasteiger partial charge in [-0.2, -0.15) is 13.2 Å². The van der Waals surface area contributed by atoms with E-state index in [0.29, 0.717) is 36.6 Å². The third-order valence-electron chi connectivity index (χ3n) is 4.23. The van der Waals surface area contributed by atoms with E-state index >= 15 is 0 Å². The predicted octanol–water partition coefficient (Wildman–Crippen LogP) is 3.46. The number of hydrogen-bond acceptors (Lipinski definition) is 4. The molecule has 3 rings (SSSR count). The Hall–Kier alpha value is -2.64. The van der Waals surface area contributed by atoms with Crippen molar-refractivity contribution in [2.75, 3.05) is 18.0 Å². The van der Waals surface area contributed by atoms with Crippen LogP contribution in [0.15, 0.2) is 36.4 Å². The number of aromatic nitrogens is 2. The maximum atomic E-state index is 12.8. The zero-order valence-corrected chi connectivity index (χ0v) is 13.2. The highest BCUT2D eigenvalue weighted by molar-refractivity contribution is 5.71. The lowest BCUT2D eigenvalue weighted by Crippen LogP contribution is -2.39. The molecule has 1 atom stereocenters. The summed E-state index contributed by atoms with van der Waals surface area (Å²) in [4.78, 5) is 13.0. The number of aliphatic carboxylic acids is 1. The molecular weight excluding hydrogens is 335 g/mol. The molecular formula is C17H16F3N3O2. The van der Waals surface area contributed by atoms with E-state index in [1.54, 1.807) is 18.2 Å². The predicted molar refractivity (Wildman–Crippen MR) is 85.0 cm³/mol. The number of hydrogen-bond donors (Lipinski definition) is 1. The molecule has 0 spiro atoms. The molecule has 0 bridgehead atoms. The van der Waals surface area contributed by atoms with E-state index < -0.39 is 23.6 Å². The Kier molecular flexibility index (Phi) is 4.61. The number of carboxylic acid groups (broad SMARTS) is 1. The summed E-state index contributed by atoms with van der Waals surface area (Å²) in [6.45, 7) is 1.04. The Morgan fingerprint density at radius 1 is 1.20 bits per heavy atom. The van der Waals surface area contributed by atoms with Gasteiger partial charge in [-0.3, -0.25) is 4.79 Å². The van der Waals surface area contributed by atoms with Crippen LogP contribution in [0.25, 0.3) is 11.3 Å². The van der Waals surface area contributed by atoms with Gasteiger partial charge in [-0.1, -0.05) is 12.1 Å². The van der Waals surface area contributed by atoms with Gasteiger partial charge >= 0.3 is 12.1 Å². The molecule has 1 saturated heterocycles. The monoisotopic (exact) mass is 351 g/mol. The summed E-state index contributed by atoms with van der Waals surface area (Å²) in [6.07, 6.45) is -3.04. The number of halogens is 3. The molecule has 1 aromatic heterocycles. The van der Waals surface area contributed by atoms with Crippen LogP contribution < -0.4 is 4.90 Å². The van der Waals surface area contributed by atoms with Gasteiger partial charge in [0.1, 0.15) is 0 Å². The molecule has 5 nitrogen and oxygen atoms in total. The largest absolute Gasteiger partial charge is 0.481 e. The molecule has 1 N–H and O–H groups in total. The summed E-state index contributed by atoms with van der Waals surface area (Å²) in [5.74, 6) is -0.751. The van der Waals surface area contributed by atoms with E-state index in [2.05, 4.69) is 10.2 Å². The molecule has 25 heavy (non-hydrogen) atoms. The lowest BCUT2D eigenvalue weighted by atomic mass is 9.98. The van der Waals surface area contributed by atoms with Gasteiger partial charge in [0.25, 0.3) is 0 Å². The highest BCUT2D eigenvalue weighted by Gasteiger charge is 2.30. The van der Waals surface area contributed by atoms with Gasteiger partial charge in [-0.05, 0) is 37.1 Å². The van der Waals surface area contributed by atoms with Crippen molar-refractivity contribution >= 4 is 11.8 Å². The minimum atomic E-state index is -4.41. The van der Waals surface area contributed by atoms with Crippen LogP contribution in [0.2, 0.25) is 0 Å². The van der Waals surface area contributed by atoms with Crippen molar-refractivity contribution in [2.45, 2.75) is 19.0 Å². The first-order valence-electron chi connectivity index (χ1n) is 7.84. The molecule has 132 valence electrons. The number of carboxylic acids is 1. The molecule has 1 aromatic carbocycles. The highest BCUT2D eigenvalue weighted by atomic mass is 19.4. The minimum Gasteiger partial charge on any atom is -0.481 e. The molecule has 1 fully saturated rings. The first-order valence-corrected chi connectivity index (χ1v) is 7.84. The molecule has 1 unspecified atom stereocenters. The van der Waals surface area contributed by atoms with Gasteiger partial charge in [0.05, 0.1) is 17.2 Å². The fourth-order valence-corrected chi connectivity index (χ4v) is 2.89. The molecule has 0 amide bonds. The minimum absolute atomic E-state index is 0.330. The van der Waals surface area contributed by atoms with Crippen molar-refractivity contribution in [3.63, 3.8) is 0 Å². The Morgan fingerprint density at radius 2 is 2.00 bits per heavy atom. The summed E-state index contributed by atoms with van der Waals surface area (Å²) < 4.78 is 38.4. The summed E-state index contributed by atoms with van der Waals surface area (Å²) in [5.41, 5.74) is -0.0752. The molecule has 0 radical (unpaired) electrons. The zero-order chi connectivity index (χ0) is 18.0. The highest BCUT2D eigenvalue weighted by Crippen LogP contribution is 2.32. The van der Waals surface area contributed by atoms with Crippen molar-refractivity contribution in [1.82, 2.24) is 10.2 Å². The van der Waals surface area contributed by atoms with Crippen LogP contribution in [0.4, 0.5) is 19.0 Å². The average molecular weight is 351 g/mol. The van der Waals surface area contributed by atoms with E-state index in [1.165, 1.54) is 6.07 Å². The SMILES string of the molecule is O=C(O)C1CCCN(c2ccc(-c3cccc(C(F)(F)F)c3)nn2)C1. The summed E-state index contributed by atoms with van der Waals surface area (Å²) >= 11 is 0. The summed E-state index contributed by atoms with van der Waals surface area (Å²) in [6, 6.07) is 8.17. The van der Waals surface area contributed by atoms with E-state index in [9.17, 15) is 18.0 Å². The number of nitrogens with zero attached hydrogens (tertiary/aromatic N) is 3. The quantitative estimate of drug-likeness (QED) is 0.917. The molecule has 2 heterocycles. The lowest BCUT2D eigenvalue weighted by molar-refractivity contribution is -0.142. The van der Waals surface area contributed by atoms with Gasteiger partial charge < -0.3 is 10.0 Å². The Bertz CT molecular complexity index is 762. The average Bonchev–Trinajstić information content (AvgIpc) is 2.61. The Balaban J connectivity index is 1.80. The molecule has 2 aromatic rings. The second-order valence-corrected chi connectivity index (χ2v) is 5.98. The van der Waals surface area contributed by atoms with Crippen molar-refractivity contribution in [3.8, 4) is 11.3 Å². The first kappa shape index (κ1) is 17.2. The Morgan fingerprint density at radius 3 is 2.64 bits per heavy atom. The van der Waals surface area contributed by atoms with Crippen LogP contribution in [0.5, 0.6) is 0 Å². The van der Waals surface area contributed by atoms with Gasteiger partial charge in [-0.15, -0.1) is 10.2 Å². The van der Waals surface area contributed by atoms with Crippen molar-refractivity contribution in [1.29, 1.82) is 0 Å². The smallest absolute Gasteiger partial charge is 0.416 e. The first-order chi connectivity index (χ1) is 11.8. The van der Waals surface area contributed by atoms with Crippen molar-refractivity contribution in [2.24, 2.45) is 5.92 Å². The lowest BCUT2D eigenvalue weighted by Gasteiger charge is -2.31. The molecule has 1 aliphatic rings. The fraction of sp³-hybridized carbons (Fsp3) is 0.353. The standard InChI is InChI=1S/C17H16F3N3O2/c18-17(19,20)13-5-1-3-11(9-13)14-6-7-15(22-21-14)23-8-2-4-12(10-23)16(24)25/h1,3,5-7,9,12H,2,4,8,10H2,(H,24,25). The van der Waals surface area contributed by atoms with Gasteiger partial charge in [0, 0.05) is 18.7 Å². The molecule has 8 heteroatoms. The van der Waals surface area contributed by atoms with E-state index in [1.807, 2.05) is 4.90 Å². The van der Waals surface area contributed by atoms with E-state index in [0.717, 1.165) is 18.6 Å². The van der Waals surface area contributed by atoms with Crippen LogP contribution >= 0.6 is 0 Å². The number of carbonyl (C=O) groups is 1. The maximum Gasteiger partial charge on any atom is 0.416 e. The number of benzene rings is 1. The number of rotatable bonds is 3. The van der Waals surface area contributed by atoms with Crippen LogP contribution in [-0.2, 0) is 11.0 Å². The zero-order valence-electron chi connectivity index (χ0n) is 13.2. The topological polar surface area (TPSA) is 66.3 Å². The number of alkyl halides is 3. The summed E-state index contributed by atoms with van der Waals surface area (Å²) in [5, 5.41) is 17.2. The molecule has 0 aliphatic carbocycles. The number of piperidine rings is 1. The van der Waals surface area contributed by atoms with Crippen molar-refractivity contribution < 1.29 is 23.1 Å². The maximum absolute atomic E-state index is 12.8. The van der Waals surface area contributed by atoms with Crippen LogP contribution in [0.3, 0.4) is 0 Å². The second-order valence-electron chi connectivity index (χ2n) is 5.98. The van der Waals surface area contributed by atoms with E-state index in [4.69, 9.17) is 5.11 Å². The molecule has 1 aliphatic heterocycles. The number of anilines is 1. The normalized spacial score (nSPS) is 18.2. The van der Waals surface area contributed by atoms with Crippen molar-refractivity contribution in [3.05, 3.63) is 42.0 Å². The van der Waals surface area contributed by atoms with Crippen LogP contribution in [0.1, 0.15) is 18.4 Å². The van der Waals surface area contributed by atoms with Gasteiger partial charge in [-0.25, -0.2) is 0 Å². The third-order valence-corrected chi connectivity index (χ3v) is 4.23. The fourth-order valence-electron chi connectivity index (χ4n) is 2.89. The van der Waals surface area contributed by atoms with Crippen LogP contribution in [-0.4, -0.2) is 34.4 Å². The van der Waals surface area contributed by atoms with E-state index in [-0.39, 0.29) is 0 Å². The second kappa shape index (κ2) is 6.70. The Labute approximate surface area is 142 Å². The van der Waals surface area contributed by atoms with Gasteiger partial charge in [0.2, 0.25) is 0 Å². The van der Waals surface area contributed by atoms with Gasteiger partial charge in [0.15, 0.2) is 5.82 Å². The van der Waals surface area contributed by atoms with Crippen LogP contribution in [0, 0.1) is 5.92 Å².